The van der Waals surface area contributed by atoms with Crippen LogP contribution in [0.15, 0.2) is 23.1 Å². The number of rotatable bonds is 3. The third-order valence-electron chi connectivity index (χ3n) is 4.09. The van der Waals surface area contributed by atoms with Gasteiger partial charge in [-0.1, -0.05) is 11.3 Å². The van der Waals surface area contributed by atoms with Crippen LogP contribution in [0.3, 0.4) is 0 Å². The minimum atomic E-state index is -5.20. The van der Waals surface area contributed by atoms with E-state index in [1.165, 1.54) is 0 Å². The molecule has 0 unspecified atom stereocenters. The number of anilines is 1. The maximum atomic E-state index is 13.0. The van der Waals surface area contributed by atoms with Gasteiger partial charge in [0.2, 0.25) is 0 Å². The van der Waals surface area contributed by atoms with E-state index in [1.807, 2.05) is 4.72 Å². The number of alkyl halides is 6. The Kier molecular flexibility index (Phi) is 5.39. The monoisotopic (exact) mass is 475 g/mol. The largest absolute Gasteiger partial charge is 0.465 e. The zero-order valence-electron chi connectivity index (χ0n) is 14.5. The third-order valence-corrected chi connectivity index (χ3v) is 6.54. The van der Waals surface area contributed by atoms with Crippen molar-refractivity contribution in [2.45, 2.75) is 30.2 Å². The lowest BCUT2D eigenvalue weighted by Gasteiger charge is -2.22. The lowest BCUT2D eigenvalue weighted by Crippen LogP contribution is -2.34. The van der Waals surface area contributed by atoms with E-state index in [1.54, 1.807) is 0 Å². The molecule has 1 amide bonds. The molecule has 2 N–H and O–H groups in total. The van der Waals surface area contributed by atoms with E-state index in [-0.39, 0.29) is 42.8 Å². The van der Waals surface area contributed by atoms with Crippen LogP contribution >= 0.6 is 11.3 Å². The number of hydrogen-bond donors (Lipinski definition) is 2. The van der Waals surface area contributed by atoms with Gasteiger partial charge in [0.15, 0.2) is 5.13 Å². The highest BCUT2D eigenvalue weighted by molar-refractivity contribution is 7.93. The number of carboxylic acid groups (broad SMARTS) is 1. The number of sulfonamides is 1. The van der Waals surface area contributed by atoms with Gasteiger partial charge in [0.05, 0.1) is 28.3 Å². The van der Waals surface area contributed by atoms with Crippen molar-refractivity contribution in [1.82, 2.24) is 9.88 Å². The van der Waals surface area contributed by atoms with Crippen molar-refractivity contribution < 1.29 is 44.7 Å². The number of hydrogen-bond acceptors (Lipinski definition) is 5. The van der Waals surface area contributed by atoms with Gasteiger partial charge in [0, 0.05) is 17.8 Å². The smallest absolute Gasteiger partial charge is 0.416 e. The molecule has 3 rings (SSSR count). The number of carbonyl (C=O) groups is 1. The van der Waals surface area contributed by atoms with Crippen LogP contribution in [0.5, 0.6) is 0 Å². The minimum absolute atomic E-state index is 0.0636. The van der Waals surface area contributed by atoms with Crippen LogP contribution < -0.4 is 4.72 Å². The van der Waals surface area contributed by atoms with Crippen molar-refractivity contribution in [3.8, 4) is 0 Å². The van der Waals surface area contributed by atoms with Crippen LogP contribution in [0.25, 0.3) is 0 Å². The fraction of sp³-hybridized carbons (Fsp3) is 0.333. The van der Waals surface area contributed by atoms with Gasteiger partial charge >= 0.3 is 18.4 Å². The Morgan fingerprint density at radius 3 is 2.17 bits per heavy atom. The van der Waals surface area contributed by atoms with Gasteiger partial charge in [-0.05, 0) is 18.2 Å². The Labute approximate surface area is 169 Å². The molecule has 0 saturated heterocycles. The maximum Gasteiger partial charge on any atom is 0.416 e. The predicted molar refractivity (Wildman–Crippen MR) is 91.5 cm³/mol. The van der Waals surface area contributed by atoms with Crippen molar-refractivity contribution in [2.24, 2.45) is 0 Å². The number of amides is 1. The Bertz CT molecular complexity index is 1060. The van der Waals surface area contributed by atoms with Crippen LogP contribution in [0.2, 0.25) is 0 Å². The molecule has 1 aromatic heterocycles. The van der Waals surface area contributed by atoms with Crippen molar-refractivity contribution in [1.29, 1.82) is 0 Å². The second kappa shape index (κ2) is 7.30. The summed E-state index contributed by atoms with van der Waals surface area (Å²) in [6.45, 7) is 0.0483. The number of nitrogens with zero attached hydrogens (tertiary/aromatic N) is 2. The summed E-state index contributed by atoms with van der Waals surface area (Å²) in [4.78, 5) is 15.2. The van der Waals surface area contributed by atoms with Gasteiger partial charge in [-0.15, -0.1) is 0 Å². The lowest BCUT2D eigenvalue weighted by molar-refractivity contribution is -0.143. The second-order valence-electron chi connectivity index (χ2n) is 6.19. The van der Waals surface area contributed by atoms with Gasteiger partial charge in [0.25, 0.3) is 10.0 Å². The molecule has 0 saturated carbocycles. The molecule has 0 spiro atoms. The Hall–Kier alpha value is -2.55. The first-order chi connectivity index (χ1) is 13.7. The molecule has 0 radical (unpaired) electrons. The topological polar surface area (TPSA) is 99.6 Å². The van der Waals surface area contributed by atoms with E-state index >= 15 is 0 Å². The Balaban J connectivity index is 1.96. The van der Waals surface area contributed by atoms with E-state index in [0.717, 1.165) is 16.2 Å². The van der Waals surface area contributed by atoms with Crippen molar-refractivity contribution in [3.05, 3.63) is 39.9 Å². The lowest BCUT2D eigenvalue weighted by atomic mass is 10.1. The normalized spacial score (nSPS) is 15.1. The number of nitrogens with one attached hydrogen (secondary N) is 1. The highest BCUT2D eigenvalue weighted by Gasteiger charge is 2.38. The fourth-order valence-electron chi connectivity index (χ4n) is 2.66. The average molecular weight is 475 g/mol. The van der Waals surface area contributed by atoms with E-state index in [2.05, 4.69) is 4.98 Å². The molecule has 0 atom stereocenters. The summed E-state index contributed by atoms with van der Waals surface area (Å²) in [5.41, 5.74) is -3.14. The van der Waals surface area contributed by atoms with Gasteiger partial charge in [-0.2, -0.15) is 26.3 Å². The summed E-state index contributed by atoms with van der Waals surface area (Å²) in [6.07, 6.45) is -11.4. The molecule has 0 fully saturated rings. The van der Waals surface area contributed by atoms with Gasteiger partial charge < -0.3 is 10.0 Å². The number of aromatic nitrogens is 1. The second-order valence-corrected chi connectivity index (χ2v) is 8.96. The highest BCUT2D eigenvalue weighted by atomic mass is 32.2. The summed E-state index contributed by atoms with van der Waals surface area (Å²) in [5.74, 6) is 0. The molecule has 2 heterocycles. The average Bonchev–Trinajstić information content (AvgIpc) is 3.00. The highest BCUT2D eigenvalue weighted by Crippen LogP contribution is 2.38. The molecule has 7 nitrogen and oxygen atoms in total. The number of benzene rings is 1. The van der Waals surface area contributed by atoms with Crippen LogP contribution in [-0.2, 0) is 35.3 Å². The summed E-state index contributed by atoms with van der Waals surface area (Å²) < 4.78 is 105. The maximum absolute atomic E-state index is 13.0. The van der Waals surface area contributed by atoms with E-state index in [4.69, 9.17) is 5.11 Å². The summed E-state index contributed by atoms with van der Waals surface area (Å²) in [5, 5.41) is 8.71. The van der Waals surface area contributed by atoms with Crippen LogP contribution in [0.4, 0.5) is 36.3 Å². The van der Waals surface area contributed by atoms with Crippen LogP contribution in [0.1, 0.15) is 21.7 Å². The predicted octanol–water partition coefficient (Wildman–Crippen LogP) is 4.02. The van der Waals surface area contributed by atoms with E-state index < -0.39 is 44.5 Å². The van der Waals surface area contributed by atoms with Crippen LogP contribution in [-0.4, -0.2) is 36.0 Å². The molecule has 0 aliphatic carbocycles. The zero-order valence-corrected chi connectivity index (χ0v) is 16.1. The molecular weight excluding hydrogens is 464 g/mol. The van der Waals surface area contributed by atoms with Gasteiger partial charge in [-0.3, -0.25) is 4.72 Å². The van der Waals surface area contributed by atoms with Crippen molar-refractivity contribution >= 4 is 32.6 Å². The molecule has 1 aromatic carbocycles. The number of fused-ring (bicyclic) bond motifs is 1. The molecule has 30 heavy (non-hydrogen) atoms. The summed E-state index contributed by atoms with van der Waals surface area (Å²) in [6, 6.07) is 0.0100. The first kappa shape index (κ1) is 22.1. The first-order valence-corrected chi connectivity index (χ1v) is 10.3. The molecule has 0 bridgehead atoms. The van der Waals surface area contributed by atoms with E-state index in [0.29, 0.717) is 10.6 Å². The molecular formula is C15H11F6N3O4S2. The third kappa shape index (κ3) is 4.61. The Morgan fingerprint density at radius 2 is 1.67 bits per heavy atom. The molecule has 2 aromatic rings. The zero-order chi connectivity index (χ0) is 22.5. The summed E-state index contributed by atoms with van der Waals surface area (Å²) in [7, 11) is -4.84. The molecule has 15 heteroatoms. The minimum Gasteiger partial charge on any atom is -0.465 e. The SMILES string of the molecule is O=C(O)N1CCc2nc(NS(=O)(=O)c3cc(C(F)(F)F)cc(C(F)(F)F)c3)sc2C1. The fourth-order valence-corrected chi connectivity index (χ4v) is 4.99. The van der Waals surface area contributed by atoms with Gasteiger partial charge in [-0.25, -0.2) is 18.2 Å². The van der Waals surface area contributed by atoms with E-state index in [9.17, 15) is 39.6 Å². The first-order valence-electron chi connectivity index (χ1n) is 7.95. The quantitative estimate of drug-likeness (QED) is 0.654. The Morgan fingerprint density at radius 1 is 1.10 bits per heavy atom. The van der Waals surface area contributed by atoms with Crippen molar-refractivity contribution in [3.63, 3.8) is 0 Å². The molecule has 1 aliphatic heterocycles. The van der Waals surface area contributed by atoms with Crippen molar-refractivity contribution in [2.75, 3.05) is 11.3 Å². The van der Waals surface area contributed by atoms with Gasteiger partial charge in [0.1, 0.15) is 0 Å². The molecule has 164 valence electrons. The standard InChI is InChI=1S/C15H11F6N3O4S2/c16-14(17,18)7-3-8(15(19,20)21)5-9(4-7)30(27,28)23-12-22-10-1-2-24(13(25)26)6-11(10)29-12/h3-5H,1-2,6H2,(H,22,23)(H,25,26). The number of halogens is 6. The summed E-state index contributed by atoms with van der Waals surface area (Å²) >= 11 is 0.747. The molecule has 1 aliphatic rings. The van der Waals surface area contributed by atoms with Crippen LogP contribution in [0, 0.1) is 0 Å². The number of thiazole rings is 1.